The zero-order valence-corrected chi connectivity index (χ0v) is 16.3. The van der Waals surface area contributed by atoms with Gasteiger partial charge in [-0.15, -0.1) is 0 Å². The van der Waals surface area contributed by atoms with Crippen LogP contribution in [0.15, 0.2) is 64.1 Å². The van der Waals surface area contributed by atoms with E-state index in [1.165, 1.54) is 25.5 Å². The van der Waals surface area contributed by atoms with Crippen LogP contribution in [0.2, 0.25) is 0 Å². The third kappa shape index (κ3) is 5.02. The standard InChI is InChI=1S/C21H19N3O6/c1-28-19-9-3-14(11-20(19)29-2)12-21(25)23-22-13-17-8-10-18(30-17)15-4-6-16(7-5-15)24(26)27/h3-11,13H,12H2,1-2H3,(H,23,25)/b22-13+. The predicted octanol–water partition coefficient (Wildman–Crippen LogP) is 3.56. The van der Waals surface area contributed by atoms with Crippen LogP contribution in [0.3, 0.4) is 0 Å². The Bertz CT molecular complexity index is 1070. The van der Waals surface area contributed by atoms with E-state index in [1.807, 2.05) is 0 Å². The van der Waals surface area contributed by atoms with Crippen molar-refractivity contribution in [2.75, 3.05) is 14.2 Å². The third-order valence-electron chi connectivity index (χ3n) is 4.18. The summed E-state index contributed by atoms with van der Waals surface area (Å²) in [5, 5.41) is 14.6. The first-order chi connectivity index (χ1) is 14.5. The molecule has 0 saturated carbocycles. The van der Waals surface area contributed by atoms with Crippen LogP contribution >= 0.6 is 0 Å². The molecule has 0 bridgehead atoms. The van der Waals surface area contributed by atoms with Crippen LogP contribution in [-0.4, -0.2) is 31.3 Å². The number of carbonyl (C=O) groups excluding carboxylic acids is 1. The van der Waals surface area contributed by atoms with Gasteiger partial charge in [0.1, 0.15) is 11.5 Å². The molecule has 0 aliphatic heterocycles. The number of rotatable bonds is 8. The Kier molecular flexibility index (Phi) is 6.43. The van der Waals surface area contributed by atoms with E-state index in [0.29, 0.717) is 28.6 Å². The molecule has 30 heavy (non-hydrogen) atoms. The fourth-order valence-corrected chi connectivity index (χ4v) is 2.71. The van der Waals surface area contributed by atoms with Crippen molar-refractivity contribution in [3.63, 3.8) is 0 Å². The molecular formula is C21H19N3O6. The lowest BCUT2D eigenvalue weighted by Crippen LogP contribution is -2.19. The van der Waals surface area contributed by atoms with Gasteiger partial charge in [0.25, 0.3) is 5.69 Å². The number of nitrogens with one attached hydrogen (secondary N) is 1. The average molecular weight is 409 g/mol. The number of nitro benzene ring substituents is 1. The fraction of sp³-hybridized carbons (Fsp3) is 0.143. The zero-order chi connectivity index (χ0) is 21.5. The zero-order valence-electron chi connectivity index (χ0n) is 16.3. The number of hydrazone groups is 1. The van der Waals surface area contributed by atoms with Crippen molar-refractivity contribution < 1.29 is 23.6 Å². The lowest BCUT2D eigenvalue weighted by molar-refractivity contribution is -0.384. The first-order valence-electron chi connectivity index (χ1n) is 8.87. The molecular weight excluding hydrogens is 390 g/mol. The minimum Gasteiger partial charge on any atom is -0.493 e. The van der Waals surface area contributed by atoms with Crippen molar-refractivity contribution >= 4 is 17.8 Å². The van der Waals surface area contributed by atoms with Crippen LogP contribution < -0.4 is 14.9 Å². The second kappa shape index (κ2) is 9.37. The average Bonchev–Trinajstić information content (AvgIpc) is 3.22. The number of benzene rings is 2. The summed E-state index contributed by atoms with van der Waals surface area (Å²) in [6.07, 6.45) is 1.49. The number of amides is 1. The van der Waals surface area contributed by atoms with Crippen LogP contribution in [0.4, 0.5) is 5.69 Å². The summed E-state index contributed by atoms with van der Waals surface area (Å²) in [5.41, 5.74) is 3.88. The number of nitrogens with zero attached hydrogens (tertiary/aromatic N) is 2. The van der Waals surface area contributed by atoms with Crippen molar-refractivity contribution in [2.24, 2.45) is 5.10 Å². The second-order valence-electron chi connectivity index (χ2n) is 6.17. The van der Waals surface area contributed by atoms with E-state index in [1.54, 1.807) is 49.6 Å². The predicted molar refractivity (Wildman–Crippen MR) is 110 cm³/mol. The molecule has 0 atom stereocenters. The molecule has 0 aliphatic rings. The lowest BCUT2D eigenvalue weighted by Gasteiger charge is -2.09. The topological polar surface area (TPSA) is 116 Å². The van der Waals surface area contributed by atoms with Crippen molar-refractivity contribution in [1.82, 2.24) is 5.43 Å². The number of hydrogen-bond acceptors (Lipinski definition) is 7. The van der Waals surface area contributed by atoms with Crippen molar-refractivity contribution in [1.29, 1.82) is 0 Å². The number of ether oxygens (including phenoxy) is 2. The summed E-state index contributed by atoms with van der Waals surface area (Å²) >= 11 is 0. The Balaban J connectivity index is 1.58. The monoisotopic (exact) mass is 409 g/mol. The van der Waals surface area contributed by atoms with Gasteiger partial charge in [0.15, 0.2) is 11.5 Å². The van der Waals surface area contributed by atoms with E-state index in [2.05, 4.69) is 10.5 Å². The lowest BCUT2D eigenvalue weighted by atomic mass is 10.1. The van der Waals surface area contributed by atoms with Gasteiger partial charge in [0.2, 0.25) is 5.91 Å². The van der Waals surface area contributed by atoms with Gasteiger partial charge in [-0.2, -0.15) is 5.10 Å². The molecule has 1 amide bonds. The van der Waals surface area contributed by atoms with Crippen LogP contribution in [-0.2, 0) is 11.2 Å². The van der Waals surface area contributed by atoms with E-state index in [4.69, 9.17) is 13.9 Å². The Hall–Kier alpha value is -4.14. The summed E-state index contributed by atoms with van der Waals surface area (Å²) in [6, 6.07) is 14.6. The number of nitro groups is 1. The van der Waals surface area contributed by atoms with Crippen LogP contribution in [0, 0.1) is 10.1 Å². The highest BCUT2D eigenvalue weighted by atomic mass is 16.6. The maximum absolute atomic E-state index is 12.1. The largest absolute Gasteiger partial charge is 0.493 e. The normalized spacial score (nSPS) is 10.7. The molecule has 1 N–H and O–H groups in total. The first-order valence-corrected chi connectivity index (χ1v) is 8.87. The molecule has 3 rings (SSSR count). The van der Waals surface area contributed by atoms with Crippen molar-refractivity contribution in [3.05, 3.63) is 76.0 Å². The number of methoxy groups -OCH3 is 2. The van der Waals surface area contributed by atoms with E-state index >= 15 is 0 Å². The van der Waals surface area contributed by atoms with Gasteiger partial charge < -0.3 is 13.9 Å². The van der Waals surface area contributed by atoms with E-state index in [0.717, 1.165) is 5.56 Å². The highest BCUT2D eigenvalue weighted by Crippen LogP contribution is 2.27. The highest BCUT2D eigenvalue weighted by Gasteiger charge is 2.09. The molecule has 0 fully saturated rings. The molecule has 2 aromatic carbocycles. The molecule has 0 saturated heterocycles. The maximum atomic E-state index is 12.1. The minimum absolute atomic E-state index is 0.00397. The molecule has 0 unspecified atom stereocenters. The first kappa shape index (κ1) is 20.6. The van der Waals surface area contributed by atoms with Crippen LogP contribution in [0.5, 0.6) is 11.5 Å². The molecule has 1 aromatic heterocycles. The number of hydrogen-bond donors (Lipinski definition) is 1. The summed E-state index contributed by atoms with van der Waals surface area (Å²) < 4.78 is 16.0. The van der Waals surface area contributed by atoms with Gasteiger partial charge in [-0.05, 0) is 42.0 Å². The molecule has 0 radical (unpaired) electrons. The van der Waals surface area contributed by atoms with E-state index in [9.17, 15) is 14.9 Å². The van der Waals surface area contributed by atoms with Gasteiger partial charge >= 0.3 is 0 Å². The number of non-ortho nitro benzene ring substituents is 1. The summed E-state index contributed by atoms with van der Waals surface area (Å²) in [4.78, 5) is 22.3. The Morgan fingerprint density at radius 1 is 1.10 bits per heavy atom. The fourth-order valence-electron chi connectivity index (χ4n) is 2.71. The maximum Gasteiger partial charge on any atom is 0.269 e. The highest BCUT2D eigenvalue weighted by molar-refractivity contribution is 5.82. The Morgan fingerprint density at radius 3 is 2.50 bits per heavy atom. The molecule has 1 heterocycles. The van der Waals surface area contributed by atoms with Gasteiger partial charge in [0.05, 0.1) is 31.8 Å². The summed E-state index contributed by atoms with van der Waals surface area (Å²) in [7, 11) is 3.07. The van der Waals surface area contributed by atoms with Crippen molar-refractivity contribution in [2.45, 2.75) is 6.42 Å². The number of furan rings is 1. The second-order valence-corrected chi connectivity index (χ2v) is 6.17. The molecule has 154 valence electrons. The van der Waals surface area contributed by atoms with Crippen LogP contribution in [0.25, 0.3) is 11.3 Å². The van der Waals surface area contributed by atoms with Crippen LogP contribution in [0.1, 0.15) is 11.3 Å². The van der Waals surface area contributed by atoms with E-state index < -0.39 is 4.92 Å². The third-order valence-corrected chi connectivity index (χ3v) is 4.18. The quantitative estimate of drug-likeness (QED) is 0.345. The molecule has 9 heteroatoms. The molecule has 3 aromatic rings. The molecule has 0 aliphatic carbocycles. The smallest absolute Gasteiger partial charge is 0.269 e. The minimum atomic E-state index is -0.464. The van der Waals surface area contributed by atoms with Gasteiger partial charge in [-0.25, -0.2) is 5.43 Å². The van der Waals surface area contributed by atoms with Gasteiger partial charge in [-0.3, -0.25) is 14.9 Å². The van der Waals surface area contributed by atoms with Gasteiger partial charge in [0, 0.05) is 17.7 Å². The van der Waals surface area contributed by atoms with Crippen molar-refractivity contribution in [3.8, 4) is 22.8 Å². The molecule has 0 spiro atoms. The Labute approximate surface area is 172 Å². The van der Waals surface area contributed by atoms with Gasteiger partial charge in [-0.1, -0.05) is 6.07 Å². The summed E-state index contributed by atoms with van der Waals surface area (Å²) in [6.45, 7) is 0. The van der Waals surface area contributed by atoms with E-state index in [-0.39, 0.29) is 18.0 Å². The molecule has 9 nitrogen and oxygen atoms in total. The summed E-state index contributed by atoms with van der Waals surface area (Å²) in [5.74, 6) is 1.78. The SMILES string of the molecule is COc1ccc(CC(=O)N/N=C/c2ccc(-c3ccc([N+](=O)[O-])cc3)o2)cc1OC. The Morgan fingerprint density at radius 2 is 1.83 bits per heavy atom. The number of carbonyl (C=O) groups is 1.